The van der Waals surface area contributed by atoms with Gasteiger partial charge in [0.2, 0.25) is 0 Å². The van der Waals surface area contributed by atoms with Gasteiger partial charge < -0.3 is 9.64 Å². The minimum Gasteiger partial charge on any atom is -0.444 e. The van der Waals surface area contributed by atoms with Crippen molar-refractivity contribution < 1.29 is 17.9 Å². The predicted octanol–water partition coefficient (Wildman–Crippen LogP) is 2.50. The average molecular weight is 340 g/mol. The highest BCUT2D eigenvalue weighted by Gasteiger charge is 2.30. The van der Waals surface area contributed by atoms with E-state index in [1.165, 1.54) is 12.3 Å². The van der Waals surface area contributed by atoms with Crippen molar-refractivity contribution in [2.45, 2.75) is 44.2 Å². The quantitative estimate of drug-likeness (QED) is 0.845. The van der Waals surface area contributed by atoms with E-state index in [1.807, 2.05) is 20.8 Å². The molecule has 1 aromatic rings. The maximum Gasteiger partial charge on any atom is 0.410 e. The van der Waals surface area contributed by atoms with Crippen LogP contribution in [0.5, 0.6) is 0 Å². The number of hydrogen-bond acceptors (Lipinski definition) is 5. The topological polar surface area (TPSA) is 76.6 Å². The molecule has 128 valence electrons. The van der Waals surface area contributed by atoms with Crippen molar-refractivity contribution in [1.82, 2.24) is 9.88 Å². The Morgan fingerprint density at radius 2 is 1.96 bits per heavy atom. The van der Waals surface area contributed by atoms with E-state index in [2.05, 4.69) is 4.98 Å². The Balaban J connectivity index is 1.89. The molecule has 23 heavy (non-hydrogen) atoms. The van der Waals surface area contributed by atoms with Crippen LogP contribution < -0.4 is 0 Å². The maximum absolute atomic E-state index is 12.3. The van der Waals surface area contributed by atoms with Crippen molar-refractivity contribution in [3.05, 3.63) is 24.4 Å². The number of ether oxygens (including phenoxy) is 1. The molecule has 0 N–H and O–H groups in total. The van der Waals surface area contributed by atoms with Crippen LogP contribution in [0.2, 0.25) is 0 Å². The number of pyridine rings is 1. The molecule has 0 unspecified atom stereocenters. The number of carbonyl (C=O) groups excluding carboxylic acids is 1. The average Bonchev–Trinajstić information content (AvgIpc) is 2.47. The second kappa shape index (κ2) is 6.86. The molecule has 1 aromatic heterocycles. The van der Waals surface area contributed by atoms with E-state index in [0.29, 0.717) is 25.9 Å². The Bertz CT molecular complexity index is 630. The lowest BCUT2D eigenvalue weighted by Gasteiger charge is -2.33. The highest BCUT2D eigenvalue weighted by molar-refractivity contribution is 7.91. The summed E-state index contributed by atoms with van der Waals surface area (Å²) in [6, 6.07) is 4.88. The molecule has 1 fully saturated rings. The molecule has 0 aromatic carbocycles. The number of nitrogens with zero attached hydrogens (tertiary/aromatic N) is 2. The third kappa shape index (κ3) is 5.20. The predicted molar refractivity (Wildman–Crippen MR) is 86.8 cm³/mol. The lowest BCUT2D eigenvalue weighted by Crippen LogP contribution is -2.42. The minimum absolute atomic E-state index is 0.0423. The van der Waals surface area contributed by atoms with Crippen LogP contribution in [0.25, 0.3) is 0 Å². The Kier molecular flexibility index (Phi) is 5.29. The lowest BCUT2D eigenvalue weighted by molar-refractivity contribution is 0.0191. The summed E-state index contributed by atoms with van der Waals surface area (Å²) in [6.45, 7) is 6.54. The van der Waals surface area contributed by atoms with Crippen LogP contribution in [0.1, 0.15) is 33.6 Å². The third-order valence-electron chi connectivity index (χ3n) is 3.68. The fraction of sp³-hybridized carbons (Fsp3) is 0.625. The number of amides is 1. The van der Waals surface area contributed by atoms with E-state index in [9.17, 15) is 13.2 Å². The Morgan fingerprint density at radius 1 is 1.30 bits per heavy atom. The third-order valence-corrected chi connectivity index (χ3v) is 5.47. The zero-order valence-corrected chi connectivity index (χ0v) is 14.7. The van der Waals surface area contributed by atoms with Crippen molar-refractivity contribution in [3.8, 4) is 0 Å². The second-order valence-electron chi connectivity index (χ2n) is 6.86. The fourth-order valence-electron chi connectivity index (χ4n) is 2.54. The normalized spacial score (nSPS) is 17.1. The van der Waals surface area contributed by atoms with Crippen LogP contribution in [0, 0.1) is 5.92 Å². The molecule has 0 aliphatic carbocycles. The van der Waals surface area contributed by atoms with Gasteiger partial charge in [-0.15, -0.1) is 0 Å². The Morgan fingerprint density at radius 3 is 2.48 bits per heavy atom. The molecule has 1 saturated heterocycles. The van der Waals surface area contributed by atoms with Gasteiger partial charge in [-0.1, -0.05) is 6.07 Å². The van der Waals surface area contributed by atoms with Crippen LogP contribution in [-0.2, 0) is 14.6 Å². The van der Waals surface area contributed by atoms with E-state index in [1.54, 1.807) is 17.0 Å². The van der Waals surface area contributed by atoms with Gasteiger partial charge in [0.05, 0.1) is 5.75 Å². The number of carbonyl (C=O) groups is 1. The summed E-state index contributed by atoms with van der Waals surface area (Å²) in [4.78, 5) is 17.6. The fourth-order valence-corrected chi connectivity index (χ4v) is 4.17. The zero-order chi connectivity index (χ0) is 17.1. The van der Waals surface area contributed by atoms with Crippen molar-refractivity contribution >= 4 is 15.9 Å². The van der Waals surface area contributed by atoms with Gasteiger partial charge in [-0.2, -0.15) is 0 Å². The Hall–Kier alpha value is -1.63. The molecule has 0 bridgehead atoms. The number of rotatable bonds is 3. The lowest BCUT2D eigenvalue weighted by atomic mass is 9.99. The van der Waals surface area contributed by atoms with Crippen LogP contribution in [0.15, 0.2) is 29.4 Å². The van der Waals surface area contributed by atoms with Gasteiger partial charge in [0.25, 0.3) is 0 Å². The number of piperidine rings is 1. The standard InChI is InChI=1S/C16H24N2O4S/c1-16(2,3)22-15(19)18-10-7-13(8-11-18)12-23(20,21)14-6-4-5-9-17-14/h4-6,9,13H,7-8,10-12H2,1-3H3. The minimum atomic E-state index is -3.37. The van der Waals surface area contributed by atoms with Crippen molar-refractivity contribution in [2.75, 3.05) is 18.8 Å². The first-order valence-electron chi connectivity index (χ1n) is 7.79. The largest absolute Gasteiger partial charge is 0.444 e. The molecule has 6 nitrogen and oxygen atoms in total. The Labute approximate surface area is 137 Å². The van der Waals surface area contributed by atoms with Gasteiger partial charge in [-0.25, -0.2) is 18.2 Å². The van der Waals surface area contributed by atoms with Crippen molar-refractivity contribution in [3.63, 3.8) is 0 Å². The van der Waals surface area contributed by atoms with Gasteiger partial charge in [-0.3, -0.25) is 0 Å². The van der Waals surface area contributed by atoms with E-state index < -0.39 is 15.4 Å². The maximum atomic E-state index is 12.3. The highest BCUT2D eigenvalue weighted by Crippen LogP contribution is 2.23. The van der Waals surface area contributed by atoms with E-state index in [0.717, 1.165) is 0 Å². The molecular weight excluding hydrogens is 316 g/mol. The van der Waals surface area contributed by atoms with E-state index in [4.69, 9.17) is 4.74 Å². The first-order valence-corrected chi connectivity index (χ1v) is 9.44. The van der Waals surface area contributed by atoms with Gasteiger partial charge in [0.15, 0.2) is 14.9 Å². The molecular formula is C16H24N2O4S. The molecule has 2 heterocycles. The van der Waals surface area contributed by atoms with Crippen molar-refractivity contribution in [2.24, 2.45) is 5.92 Å². The molecule has 1 amide bonds. The monoisotopic (exact) mass is 340 g/mol. The second-order valence-corrected chi connectivity index (χ2v) is 8.84. The first kappa shape index (κ1) is 17.7. The molecule has 0 spiro atoms. The molecule has 1 aliphatic heterocycles. The van der Waals surface area contributed by atoms with Crippen LogP contribution >= 0.6 is 0 Å². The molecule has 1 aliphatic rings. The highest BCUT2D eigenvalue weighted by atomic mass is 32.2. The first-order chi connectivity index (χ1) is 10.7. The number of hydrogen-bond donors (Lipinski definition) is 0. The molecule has 0 radical (unpaired) electrons. The summed E-state index contributed by atoms with van der Waals surface area (Å²) in [6.07, 6.45) is 2.47. The molecule has 7 heteroatoms. The molecule has 2 rings (SSSR count). The summed E-state index contributed by atoms with van der Waals surface area (Å²) in [7, 11) is -3.37. The molecule has 0 saturated carbocycles. The van der Waals surface area contributed by atoms with Gasteiger partial charge in [-0.05, 0) is 51.7 Å². The van der Waals surface area contributed by atoms with Gasteiger partial charge >= 0.3 is 6.09 Å². The summed E-state index contributed by atoms with van der Waals surface area (Å²) in [5.41, 5.74) is -0.518. The van der Waals surface area contributed by atoms with Crippen molar-refractivity contribution in [1.29, 1.82) is 0 Å². The van der Waals surface area contributed by atoms with Gasteiger partial charge in [0, 0.05) is 19.3 Å². The number of likely N-dealkylation sites (tertiary alicyclic amines) is 1. The van der Waals surface area contributed by atoms with Gasteiger partial charge in [0.1, 0.15) is 5.60 Å². The smallest absolute Gasteiger partial charge is 0.410 e. The van der Waals surface area contributed by atoms with E-state index >= 15 is 0 Å². The molecule has 0 atom stereocenters. The van der Waals surface area contributed by atoms with Crippen LogP contribution in [0.3, 0.4) is 0 Å². The number of aromatic nitrogens is 1. The summed E-state index contributed by atoms with van der Waals surface area (Å²) in [5.74, 6) is 0.118. The summed E-state index contributed by atoms with van der Waals surface area (Å²) in [5, 5.41) is 0.120. The van der Waals surface area contributed by atoms with Crippen LogP contribution in [0.4, 0.5) is 4.79 Å². The SMILES string of the molecule is CC(C)(C)OC(=O)N1CCC(CS(=O)(=O)c2ccccn2)CC1. The van der Waals surface area contributed by atoms with E-state index in [-0.39, 0.29) is 22.8 Å². The summed E-state index contributed by atoms with van der Waals surface area (Å²) >= 11 is 0. The summed E-state index contributed by atoms with van der Waals surface area (Å²) < 4.78 is 30.0. The zero-order valence-electron chi connectivity index (χ0n) is 13.9. The number of sulfone groups is 1. The van der Waals surface area contributed by atoms with Crippen LogP contribution in [-0.4, -0.2) is 48.8 Å².